The largest absolute Gasteiger partial charge is 0.481 e. The molecule has 0 aliphatic heterocycles. The Morgan fingerprint density at radius 2 is 2.24 bits per heavy atom. The molecule has 1 aromatic heterocycles. The predicted molar refractivity (Wildman–Crippen MR) is 61.7 cm³/mol. The second-order valence-corrected chi connectivity index (χ2v) is 3.61. The maximum absolute atomic E-state index is 11.3. The molecule has 0 bridgehead atoms. The lowest BCUT2D eigenvalue weighted by Crippen LogP contribution is -2.29. The number of nitrogens with one attached hydrogen (secondary N) is 2. The molecule has 1 heterocycles. The van der Waals surface area contributed by atoms with Crippen LogP contribution in [-0.4, -0.2) is 33.4 Å². The van der Waals surface area contributed by atoms with Gasteiger partial charge in [-0.05, 0) is 12.8 Å². The van der Waals surface area contributed by atoms with Crippen LogP contribution in [-0.2, 0) is 11.8 Å². The molecule has 0 aliphatic rings. The topological polar surface area (TPSA) is 96.2 Å². The molecule has 0 aromatic carbocycles. The highest BCUT2D eigenvalue weighted by Crippen LogP contribution is 2.00. The summed E-state index contributed by atoms with van der Waals surface area (Å²) in [6.45, 7) is 0.450. The second kappa shape index (κ2) is 6.51. The summed E-state index contributed by atoms with van der Waals surface area (Å²) in [5.74, 6) is -0.335. The molecule has 3 N–H and O–H groups in total. The Balaban J connectivity index is 2.11. The van der Waals surface area contributed by atoms with Gasteiger partial charge in [0, 0.05) is 32.3 Å². The van der Waals surface area contributed by atoms with E-state index in [-0.39, 0.29) is 12.5 Å². The maximum atomic E-state index is 11.3. The Morgan fingerprint density at radius 1 is 1.47 bits per heavy atom. The van der Waals surface area contributed by atoms with E-state index in [1.165, 1.54) is 0 Å². The third kappa shape index (κ3) is 5.55. The summed E-state index contributed by atoms with van der Waals surface area (Å²) in [6.07, 6.45) is 3.05. The fourth-order valence-corrected chi connectivity index (χ4v) is 1.25. The van der Waals surface area contributed by atoms with Crippen LogP contribution in [0.3, 0.4) is 0 Å². The molecular weight excluding hydrogens is 224 g/mol. The zero-order valence-corrected chi connectivity index (χ0v) is 9.64. The number of carbonyl (C=O) groups excluding carboxylic acids is 1. The van der Waals surface area contributed by atoms with Crippen LogP contribution in [0.1, 0.15) is 19.3 Å². The third-order valence-corrected chi connectivity index (χ3v) is 2.06. The normalized spacial score (nSPS) is 9.94. The van der Waals surface area contributed by atoms with Gasteiger partial charge in [0.25, 0.3) is 0 Å². The van der Waals surface area contributed by atoms with Crippen molar-refractivity contribution in [2.24, 2.45) is 7.05 Å². The monoisotopic (exact) mass is 240 g/mol. The first-order valence-corrected chi connectivity index (χ1v) is 5.34. The Labute approximate surface area is 98.8 Å². The van der Waals surface area contributed by atoms with Crippen LogP contribution in [0.25, 0.3) is 0 Å². The summed E-state index contributed by atoms with van der Waals surface area (Å²) in [5, 5.41) is 17.6. The number of carboxylic acid groups (broad SMARTS) is 1. The average Bonchev–Trinajstić information content (AvgIpc) is 2.63. The first kappa shape index (κ1) is 13.0. The molecular formula is C10H16N4O3. The second-order valence-electron chi connectivity index (χ2n) is 3.61. The lowest BCUT2D eigenvalue weighted by atomic mass is 10.2. The highest BCUT2D eigenvalue weighted by Gasteiger charge is 2.03. The molecule has 7 nitrogen and oxygen atoms in total. The number of anilines is 1. The van der Waals surface area contributed by atoms with Gasteiger partial charge in [-0.2, -0.15) is 5.10 Å². The van der Waals surface area contributed by atoms with Gasteiger partial charge in [-0.3, -0.25) is 14.8 Å². The Kier molecular flexibility index (Phi) is 4.99. The van der Waals surface area contributed by atoms with E-state index in [1.54, 1.807) is 24.0 Å². The van der Waals surface area contributed by atoms with Crippen molar-refractivity contribution in [1.29, 1.82) is 0 Å². The number of nitrogens with zero attached hydrogens (tertiary/aromatic N) is 2. The molecule has 0 aliphatic carbocycles. The highest BCUT2D eigenvalue weighted by molar-refractivity contribution is 5.88. The van der Waals surface area contributed by atoms with Crippen molar-refractivity contribution in [3.8, 4) is 0 Å². The molecule has 0 saturated carbocycles. The smallest absolute Gasteiger partial charge is 0.320 e. The van der Waals surface area contributed by atoms with E-state index in [9.17, 15) is 9.59 Å². The van der Waals surface area contributed by atoms with E-state index in [1.807, 2.05) is 0 Å². The van der Waals surface area contributed by atoms with Crippen molar-refractivity contribution in [1.82, 2.24) is 15.1 Å². The minimum atomic E-state index is -0.817. The first-order chi connectivity index (χ1) is 8.08. The summed E-state index contributed by atoms with van der Waals surface area (Å²) in [4.78, 5) is 21.6. The van der Waals surface area contributed by atoms with E-state index >= 15 is 0 Å². The van der Waals surface area contributed by atoms with Gasteiger partial charge in [0.2, 0.25) is 0 Å². The van der Waals surface area contributed by atoms with E-state index in [4.69, 9.17) is 5.11 Å². The molecule has 0 radical (unpaired) electrons. The molecule has 17 heavy (non-hydrogen) atoms. The number of rotatable bonds is 6. The fourth-order valence-electron chi connectivity index (χ4n) is 1.25. The number of unbranched alkanes of at least 4 members (excludes halogenated alkanes) is 1. The van der Waals surface area contributed by atoms with Crippen LogP contribution < -0.4 is 10.6 Å². The Morgan fingerprint density at radius 3 is 2.82 bits per heavy atom. The molecule has 1 aromatic rings. The summed E-state index contributed by atoms with van der Waals surface area (Å²) in [7, 11) is 1.76. The standard InChI is InChI=1S/C10H16N4O3/c1-14-7-5-8(13-14)12-10(17)11-6-3-2-4-9(15)16/h5,7H,2-4,6H2,1H3,(H,15,16)(H2,11,12,13,17). The molecule has 0 saturated heterocycles. The molecule has 2 amide bonds. The fraction of sp³-hybridized carbons (Fsp3) is 0.500. The SMILES string of the molecule is Cn1ccc(NC(=O)NCCCCC(=O)O)n1. The Bertz CT molecular complexity index is 389. The van der Waals surface area contributed by atoms with Crippen molar-refractivity contribution in [2.75, 3.05) is 11.9 Å². The highest BCUT2D eigenvalue weighted by atomic mass is 16.4. The lowest BCUT2D eigenvalue weighted by Gasteiger charge is -2.04. The summed E-state index contributed by atoms with van der Waals surface area (Å²) < 4.78 is 1.59. The number of aryl methyl sites for hydroxylation is 1. The number of hydrogen-bond donors (Lipinski definition) is 3. The van der Waals surface area contributed by atoms with Crippen molar-refractivity contribution in [2.45, 2.75) is 19.3 Å². The molecule has 0 spiro atoms. The zero-order valence-electron chi connectivity index (χ0n) is 9.64. The van der Waals surface area contributed by atoms with E-state index < -0.39 is 5.97 Å². The van der Waals surface area contributed by atoms with Crippen LogP contribution in [0.15, 0.2) is 12.3 Å². The van der Waals surface area contributed by atoms with Crippen molar-refractivity contribution >= 4 is 17.8 Å². The van der Waals surface area contributed by atoms with Gasteiger partial charge in [0.1, 0.15) is 0 Å². The van der Waals surface area contributed by atoms with E-state index in [2.05, 4.69) is 15.7 Å². The Hall–Kier alpha value is -2.05. The third-order valence-electron chi connectivity index (χ3n) is 2.06. The minimum Gasteiger partial charge on any atom is -0.481 e. The average molecular weight is 240 g/mol. The zero-order chi connectivity index (χ0) is 12.7. The number of carbonyl (C=O) groups is 2. The van der Waals surface area contributed by atoms with Gasteiger partial charge < -0.3 is 10.4 Å². The van der Waals surface area contributed by atoms with Gasteiger partial charge >= 0.3 is 12.0 Å². The molecule has 7 heteroatoms. The van der Waals surface area contributed by atoms with Crippen LogP contribution in [0.2, 0.25) is 0 Å². The maximum Gasteiger partial charge on any atom is 0.320 e. The van der Waals surface area contributed by atoms with Crippen LogP contribution in [0.5, 0.6) is 0 Å². The van der Waals surface area contributed by atoms with Gasteiger partial charge in [0.15, 0.2) is 5.82 Å². The number of carboxylic acids is 1. The van der Waals surface area contributed by atoms with Gasteiger partial charge in [-0.25, -0.2) is 4.79 Å². The molecule has 0 fully saturated rings. The van der Waals surface area contributed by atoms with E-state index in [0.29, 0.717) is 25.2 Å². The molecule has 94 valence electrons. The molecule has 0 atom stereocenters. The minimum absolute atomic E-state index is 0.129. The van der Waals surface area contributed by atoms with Crippen molar-refractivity contribution in [3.63, 3.8) is 0 Å². The van der Waals surface area contributed by atoms with Crippen LogP contribution in [0.4, 0.5) is 10.6 Å². The summed E-state index contributed by atoms with van der Waals surface area (Å²) in [6, 6.07) is 1.35. The van der Waals surface area contributed by atoms with Gasteiger partial charge in [0.05, 0.1) is 0 Å². The predicted octanol–water partition coefficient (Wildman–Crippen LogP) is 0.796. The number of amides is 2. The quantitative estimate of drug-likeness (QED) is 0.641. The van der Waals surface area contributed by atoms with E-state index in [0.717, 1.165) is 0 Å². The number of aliphatic carboxylic acids is 1. The van der Waals surface area contributed by atoms with Crippen LogP contribution >= 0.6 is 0 Å². The summed E-state index contributed by atoms with van der Waals surface area (Å²) >= 11 is 0. The first-order valence-electron chi connectivity index (χ1n) is 5.34. The van der Waals surface area contributed by atoms with Crippen molar-refractivity contribution < 1.29 is 14.7 Å². The van der Waals surface area contributed by atoms with Gasteiger partial charge in [-0.15, -0.1) is 0 Å². The molecule has 0 unspecified atom stereocenters. The number of urea groups is 1. The van der Waals surface area contributed by atoms with Gasteiger partial charge in [-0.1, -0.05) is 0 Å². The summed E-state index contributed by atoms with van der Waals surface area (Å²) in [5.41, 5.74) is 0. The lowest BCUT2D eigenvalue weighted by molar-refractivity contribution is -0.137. The number of hydrogen-bond acceptors (Lipinski definition) is 3. The van der Waals surface area contributed by atoms with Crippen LogP contribution in [0, 0.1) is 0 Å². The molecule has 1 rings (SSSR count). The van der Waals surface area contributed by atoms with Crippen molar-refractivity contribution in [3.05, 3.63) is 12.3 Å². The number of aromatic nitrogens is 2.